The Morgan fingerprint density at radius 3 is 2.62 bits per heavy atom. The molecule has 7 nitrogen and oxygen atoms in total. The number of carbonyl (C=O) groups is 1. The van der Waals surface area contributed by atoms with E-state index in [4.69, 9.17) is 9.15 Å². The average Bonchev–Trinajstić information content (AvgIpc) is 3.47. The standard InChI is InChI=1S/C24H24N4O3S/c1-17-9-6-7-13-21(17)31-16-22-26-27-24(28(22)19-10-4-3-5-11-19)32-18(2)23(29)25-15-20-12-8-14-30-20/h3-14,18H,15-16H2,1-2H3,(H,25,29)/t18-/m1/s1. The van der Waals surface area contributed by atoms with Gasteiger partial charge in [-0.1, -0.05) is 48.2 Å². The van der Waals surface area contributed by atoms with Crippen molar-refractivity contribution in [1.82, 2.24) is 20.1 Å². The van der Waals surface area contributed by atoms with E-state index >= 15 is 0 Å². The summed E-state index contributed by atoms with van der Waals surface area (Å²) in [4.78, 5) is 12.6. The lowest BCUT2D eigenvalue weighted by molar-refractivity contribution is -0.120. The molecule has 2 aromatic heterocycles. The fourth-order valence-electron chi connectivity index (χ4n) is 3.11. The van der Waals surface area contributed by atoms with Crippen LogP contribution in [0.1, 0.15) is 24.1 Å². The molecule has 0 aliphatic heterocycles. The summed E-state index contributed by atoms with van der Waals surface area (Å²) >= 11 is 1.35. The van der Waals surface area contributed by atoms with Crippen molar-refractivity contribution in [3.63, 3.8) is 0 Å². The maximum Gasteiger partial charge on any atom is 0.233 e. The summed E-state index contributed by atoms with van der Waals surface area (Å²) in [5, 5.41) is 11.9. The highest BCUT2D eigenvalue weighted by Crippen LogP contribution is 2.27. The molecular formula is C24H24N4O3S. The van der Waals surface area contributed by atoms with E-state index in [0.29, 0.717) is 23.3 Å². The van der Waals surface area contributed by atoms with Crippen molar-refractivity contribution >= 4 is 17.7 Å². The maximum atomic E-state index is 12.6. The SMILES string of the molecule is Cc1ccccc1OCc1nnc(S[C@H](C)C(=O)NCc2ccco2)n1-c1ccccc1. The Morgan fingerprint density at radius 2 is 1.88 bits per heavy atom. The van der Waals surface area contributed by atoms with E-state index in [-0.39, 0.29) is 17.8 Å². The van der Waals surface area contributed by atoms with Crippen molar-refractivity contribution in [2.24, 2.45) is 0 Å². The third-order valence-corrected chi connectivity index (χ3v) is 5.88. The minimum atomic E-state index is -0.373. The number of para-hydroxylation sites is 2. The molecular weight excluding hydrogens is 424 g/mol. The van der Waals surface area contributed by atoms with Gasteiger partial charge >= 0.3 is 0 Å². The lowest BCUT2D eigenvalue weighted by atomic mass is 10.2. The molecule has 2 aromatic carbocycles. The summed E-state index contributed by atoms with van der Waals surface area (Å²) in [5.74, 6) is 2.06. The zero-order valence-corrected chi connectivity index (χ0v) is 18.7. The summed E-state index contributed by atoms with van der Waals surface area (Å²) in [5.41, 5.74) is 1.96. The highest BCUT2D eigenvalue weighted by atomic mass is 32.2. The minimum Gasteiger partial charge on any atom is -0.485 e. The van der Waals surface area contributed by atoms with Crippen LogP contribution >= 0.6 is 11.8 Å². The third-order valence-electron chi connectivity index (χ3n) is 4.83. The monoisotopic (exact) mass is 448 g/mol. The Balaban J connectivity index is 1.51. The van der Waals surface area contributed by atoms with Gasteiger partial charge < -0.3 is 14.5 Å². The lowest BCUT2D eigenvalue weighted by Crippen LogP contribution is -2.30. The first-order valence-electron chi connectivity index (χ1n) is 10.3. The molecule has 1 amide bonds. The van der Waals surface area contributed by atoms with Gasteiger partial charge in [0.25, 0.3) is 0 Å². The first-order valence-corrected chi connectivity index (χ1v) is 11.1. The van der Waals surface area contributed by atoms with E-state index in [1.807, 2.05) is 79.1 Å². The Labute approximate surface area is 190 Å². The molecule has 4 rings (SSSR count). The second-order valence-electron chi connectivity index (χ2n) is 7.18. The van der Waals surface area contributed by atoms with E-state index in [1.165, 1.54) is 11.8 Å². The molecule has 0 aliphatic carbocycles. The molecule has 164 valence electrons. The number of ether oxygens (including phenoxy) is 1. The van der Waals surface area contributed by atoms with Crippen molar-refractivity contribution in [1.29, 1.82) is 0 Å². The number of nitrogens with zero attached hydrogens (tertiary/aromatic N) is 3. The number of nitrogens with one attached hydrogen (secondary N) is 1. The summed E-state index contributed by atoms with van der Waals surface area (Å²) < 4.78 is 13.2. The number of aryl methyl sites for hydroxylation is 1. The first-order chi connectivity index (χ1) is 15.6. The number of hydrogen-bond donors (Lipinski definition) is 1. The van der Waals surface area contributed by atoms with Crippen LogP contribution in [0.5, 0.6) is 5.75 Å². The molecule has 4 aromatic rings. The topological polar surface area (TPSA) is 82.2 Å². The van der Waals surface area contributed by atoms with E-state index in [0.717, 1.165) is 17.0 Å². The van der Waals surface area contributed by atoms with Crippen LogP contribution in [0.25, 0.3) is 5.69 Å². The van der Waals surface area contributed by atoms with E-state index in [9.17, 15) is 4.79 Å². The van der Waals surface area contributed by atoms with Crippen molar-refractivity contribution in [3.05, 3.63) is 90.1 Å². The summed E-state index contributed by atoms with van der Waals surface area (Å²) in [7, 11) is 0. The summed E-state index contributed by atoms with van der Waals surface area (Å²) in [6.45, 7) is 4.45. The fourth-order valence-corrected chi connectivity index (χ4v) is 4.02. The van der Waals surface area contributed by atoms with E-state index in [2.05, 4.69) is 15.5 Å². The van der Waals surface area contributed by atoms with Gasteiger partial charge in [-0.2, -0.15) is 0 Å². The van der Waals surface area contributed by atoms with E-state index < -0.39 is 0 Å². The number of aromatic nitrogens is 3. The summed E-state index contributed by atoms with van der Waals surface area (Å²) in [6.07, 6.45) is 1.59. The molecule has 0 fully saturated rings. The van der Waals surface area contributed by atoms with Gasteiger partial charge in [0, 0.05) is 5.69 Å². The Hall–Kier alpha value is -3.52. The highest BCUT2D eigenvalue weighted by Gasteiger charge is 2.21. The van der Waals surface area contributed by atoms with Gasteiger partial charge in [0.05, 0.1) is 18.1 Å². The van der Waals surface area contributed by atoms with Gasteiger partial charge in [-0.05, 0) is 49.7 Å². The quantitative estimate of drug-likeness (QED) is 0.379. The fraction of sp³-hybridized carbons (Fsp3) is 0.208. The Morgan fingerprint density at radius 1 is 1.09 bits per heavy atom. The molecule has 0 aliphatic rings. The van der Waals surface area contributed by atoms with Crippen LogP contribution in [-0.2, 0) is 17.9 Å². The van der Waals surface area contributed by atoms with Crippen molar-refractivity contribution in [3.8, 4) is 11.4 Å². The normalized spacial score (nSPS) is 11.8. The predicted molar refractivity (Wildman–Crippen MR) is 123 cm³/mol. The minimum absolute atomic E-state index is 0.105. The molecule has 0 saturated heterocycles. The van der Waals surface area contributed by atoms with Crippen LogP contribution in [0.4, 0.5) is 0 Å². The molecule has 1 atom stereocenters. The van der Waals surface area contributed by atoms with Gasteiger partial charge in [0.1, 0.15) is 18.1 Å². The second kappa shape index (κ2) is 10.2. The number of furan rings is 1. The Bertz CT molecular complexity index is 1160. The van der Waals surface area contributed by atoms with Gasteiger partial charge in [-0.25, -0.2) is 0 Å². The number of amides is 1. The number of carbonyl (C=O) groups excluding carboxylic acids is 1. The Kier molecular flexibility index (Phi) is 6.91. The second-order valence-corrected chi connectivity index (χ2v) is 8.49. The van der Waals surface area contributed by atoms with Crippen molar-refractivity contribution < 1.29 is 13.9 Å². The molecule has 0 unspecified atom stereocenters. The zero-order chi connectivity index (χ0) is 22.3. The lowest BCUT2D eigenvalue weighted by Gasteiger charge is -2.14. The van der Waals surface area contributed by atoms with Crippen LogP contribution in [0.2, 0.25) is 0 Å². The van der Waals surface area contributed by atoms with Gasteiger partial charge in [-0.3, -0.25) is 9.36 Å². The van der Waals surface area contributed by atoms with Crippen LogP contribution in [0, 0.1) is 6.92 Å². The molecule has 0 saturated carbocycles. The van der Waals surface area contributed by atoms with Crippen LogP contribution in [0.3, 0.4) is 0 Å². The summed E-state index contributed by atoms with van der Waals surface area (Å²) in [6, 6.07) is 21.3. The van der Waals surface area contributed by atoms with Crippen molar-refractivity contribution in [2.45, 2.75) is 37.4 Å². The van der Waals surface area contributed by atoms with Gasteiger partial charge in [-0.15, -0.1) is 10.2 Å². The molecule has 0 spiro atoms. The first kappa shape index (κ1) is 21.7. The van der Waals surface area contributed by atoms with Gasteiger partial charge in [0.15, 0.2) is 11.0 Å². The van der Waals surface area contributed by atoms with Crippen LogP contribution in [0.15, 0.2) is 82.6 Å². The van der Waals surface area contributed by atoms with Crippen LogP contribution < -0.4 is 10.1 Å². The largest absolute Gasteiger partial charge is 0.485 e. The van der Waals surface area contributed by atoms with Crippen LogP contribution in [-0.4, -0.2) is 25.9 Å². The average molecular weight is 449 g/mol. The van der Waals surface area contributed by atoms with Gasteiger partial charge in [0.2, 0.25) is 5.91 Å². The number of rotatable bonds is 9. The smallest absolute Gasteiger partial charge is 0.233 e. The number of benzene rings is 2. The molecule has 0 bridgehead atoms. The highest BCUT2D eigenvalue weighted by molar-refractivity contribution is 8.00. The van der Waals surface area contributed by atoms with E-state index in [1.54, 1.807) is 12.3 Å². The molecule has 1 N–H and O–H groups in total. The molecule has 8 heteroatoms. The van der Waals surface area contributed by atoms with Crippen molar-refractivity contribution in [2.75, 3.05) is 0 Å². The molecule has 0 radical (unpaired) electrons. The third kappa shape index (κ3) is 5.20. The zero-order valence-electron chi connectivity index (χ0n) is 17.9. The predicted octanol–water partition coefficient (Wildman–Crippen LogP) is 4.54. The molecule has 32 heavy (non-hydrogen) atoms. The number of thioether (sulfide) groups is 1. The molecule has 2 heterocycles. The maximum absolute atomic E-state index is 12.6. The number of hydrogen-bond acceptors (Lipinski definition) is 6.